The Labute approximate surface area is 164 Å². The largest absolute Gasteiger partial charge is 0.507 e. The highest BCUT2D eigenvalue weighted by Gasteiger charge is 2.26. The van der Waals surface area contributed by atoms with Gasteiger partial charge in [0.25, 0.3) is 0 Å². The molecule has 0 atom stereocenters. The van der Waals surface area contributed by atoms with Gasteiger partial charge in [0.1, 0.15) is 12.4 Å². The first kappa shape index (κ1) is 23.4. The van der Waals surface area contributed by atoms with E-state index in [-0.39, 0.29) is 23.4 Å². The molecule has 0 spiro atoms. The van der Waals surface area contributed by atoms with Crippen LogP contribution < -0.4 is 0 Å². The van der Waals surface area contributed by atoms with E-state index in [0.29, 0.717) is 38.4 Å². The Bertz CT molecular complexity index is 573. The van der Waals surface area contributed by atoms with E-state index in [9.17, 15) is 9.90 Å². The molecule has 0 amide bonds. The maximum atomic E-state index is 12.0. The fourth-order valence-corrected chi connectivity index (χ4v) is 2.76. The minimum atomic E-state index is -0.243. The average Bonchev–Trinajstić information content (AvgIpc) is 2.54. The van der Waals surface area contributed by atoms with Gasteiger partial charge in [-0.15, -0.1) is 0 Å². The summed E-state index contributed by atoms with van der Waals surface area (Å²) < 4.78 is 15.4. The second-order valence-corrected chi connectivity index (χ2v) is 8.87. The monoisotopic (exact) mass is 380 g/mol. The Kier molecular flexibility index (Phi) is 8.76. The Hall–Kier alpha value is -1.59. The second-order valence-electron chi connectivity index (χ2n) is 8.87. The van der Waals surface area contributed by atoms with E-state index in [4.69, 9.17) is 14.2 Å². The molecule has 0 bridgehead atoms. The van der Waals surface area contributed by atoms with Gasteiger partial charge in [-0.1, -0.05) is 53.7 Å². The van der Waals surface area contributed by atoms with Crippen molar-refractivity contribution in [2.45, 2.75) is 65.2 Å². The van der Waals surface area contributed by atoms with E-state index < -0.39 is 0 Å². The van der Waals surface area contributed by atoms with Crippen molar-refractivity contribution in [3.63, 3.8) is 0 Å². The molecule has 5 heteroatoms. The van der Waals surface area contributed by atoms with Crippen molar-refractivity contribution in [2.24, 2.45) is 0 Å². The van der Waals surface area contributed by atoms with Crippen molar-refractivity contribution >= 4 is 5.97 Å². The standard InChI is InChI=1S/C22H36O5/c1-21(2,3)17-14-16(15-18(20(17)24)22(4,5)6)8-9-19(23)27-13-12-26-11-10-25-7/h14-15,24H,8-13H2,1-7H3. The maximum absolute atomic E-state index is 12.0. The van der Waals surface area contributed by atoms with Crippen molar-refractivity contribution in [3.05, 3.63) is 28.8 Å². The zero-order chi connectivity index (χ0) is 20.7. The summed E-state index contributed by atoms with van der Waals surface area (Å²) in [6, 6.07) is 4.01. The van der Waals surface area contributed by atoms with Gasteiger partial charge in [-0.25, -0.2) is 0 Å². The van der Waals surface area contributed by atoms with Crippen LogP contribution in [0, 0.1) is 0 Å². The number of rotatable bonds is 9. The smallest absolute Gasteiger partial charge is 0.306 e. The number of hydrogen-bond acceptors (Lipinski definition) is 5. The van der Waals surface area contributed by atoms with Crippen LogP contribution in [-0.4, -0.2) is 44.6 Å². The number of benzene rings is 1. The summed E-state index contributed by atoms with van der Waals surface area (Å²) in [4.78, 5) is 12.0. The Morgan fingerprint density at radius 3 is 1.93 bits per heavy atom. The second kappa shape index (κ2) is 10.1. The number of hydrogen-bond donors (Lipinski definition) is 1. The minimum Gasteiger partial charge on any atom is -0.507 e. The van der Waals surface area contributed by atoms with Crippen molar-refractivity contribution < 1.29 is 24.1 Å². The lowest BCUT2D eigenvalue weighted by Crippen LogP contribution is -2.18. The number of ether oxygens (including phenoxy) is 3. The molecule has 0 aromatic heterocycles. The first-order valence-electron chi connectivity index (χ1n) is 9.56. The van der Waals surface area contributed by atoms with Crippen LogP contribution >= 0.6 is 0 Å². The highest BCUT2D eigenvalue weighted by atomic mass is 16.6. The molecule has 5 nitrogen and oxygen atoms in total. The third kappa shape index (κ3) is 7.89. The number of esters is 1. The number of carbonyl (C=O) groups is 1. The highest BCUT2D eigenvalue weighted by Crippen LogP contribution is 2.39. The predicted molar refractivity (Wildman–Crippen MR) is 107 cm³/mol. The minimum absolute atomic E-state index is 0.180. The Balaban J connectivity index is 2.73. The molecule has 0 aliphatic heterocycles. The number of aryl methyl sites for hydroxylation is 1. The van der Waals surface area contributed by atoms with Crippen molar-refractivity contribution in [3.8, 4) is 5.75 Å². The van der Waals surface area contributed by atoms with Crippen molar-refractivity contribution in [1.29, 1.82) is 0 Å². The lowest BCUT2D eigenvalue weighted by Gasteiger charge is -2.28. The van der Waals surface area contributed by atoms with E-state index in [1.807, 2.05) is 12.1 Å². The van der Waals surface area contributed by atoms with Crippen LogP contribution in [0.5, 0.6) is 5.75 Å². The first-order chi connectivity index (χ1) is 12.5. The van der Waals surface area contributed by atoms with Crippen LogP contribution in [0.2, 0.25) is 0 Å². The van der Waals surface area contributed by atoms with Gasteiger partial charge in [0.2, 0.25) is 0 Å². The van der Waals surface area contributed by atoms with E-state index >= 15 is 0 Å². The zero-order valence-corrected chi connectivity index (χ0v) is 18.0. The van der Waals surface area contributed by atoms with Gasteiger partial charge in [-0.05, 0) is 33.9 Å². The summed E-state index contributed by atoms with van der Waals surface area (Å²) in [6.45, 7) is 14.1. The summed E-state index contributed by atoms with van der Waals surface area (Å²) in [6.07, 6.45) is 0.881. The molecule has 0 aliphatic rings. The quantitative estimate of drug-likeness (QED) is 0.515. The topological polar surface area (TPSA) is 65.0 Å². The van der Waals surface area contributed by atoms with Crippen LogP contribution in [-0.2, 0) is 36.3 Å². The zero-order valence-electron chi connectivity index (χ0n) is 18.0. The first-order valence-corrected chi connectivity index (χ1v) is 9.56. The number of carbonyl (C=O) groups excluding carboxylic acids is 1. The third-order valence-electron chi connectivity index (χ3n) is 4.33. The van der Waals surface area contributed by atoms with Gasteiger partial charge in [0.05, 0.1) is 19.8 Å². The molecule has 1 aromatic rings. The molecular formula is C22H36O5. The van der Waals surface area contributed by atoms with Gasteiger partial charge in [-0.2, -0.15) is 0 Å². The summed E-state index contributed by atoms with van der Waals surface area (Å²) in [5.41, 5.74) is 2.49. The highest BCUT2D eigenvalue weighted by molar-refractivity contribution is 5.69. The molecule has 154 valence electrons. The van der Waals surface area contributed by atoms with Crippen LogP contribution in [0.3, 0.4) is 0 Å². The molecule has 1 N–H and O–H groups in total. The predicted octanol–water partition coefficient (Wildman–Crippen LogP) is 4.13. The number of phenols is 1. The number of aromatic hydroxyl groups is 1. The van der Waals surface area contributed by atoms with Crippen molar-refractivity contribution in [1.82, 2.24) is 0 Å². The Morgan fingerprint density at radius 2 is 1.44 bits per heavy atom. The van der Waals surface area contributed by atoms with Gasteiger partial charge in [0, 0.05) is 13.5 Å². The molecule has 1 rings (SSSR count). The van der Waals surface area contributed by atoms with Gasteiger partial charge >= 0.3 is 5.97 Å². The molecule has 0 saturated heterocycles. The van der Waals surface area contributed by atoms with Crippen molar-refractivity contribution in [2.75, 3.05) is 33.5 Å². The van der Waals surface area contributed by atoms with Crippen LogP contribution in [0.15, 0.2) is 12.1 Å². The molecule has 27 heavy (non-hydrogen) atoms. The molecule has 0 radical (unpaired) electrons. The van der Waals surface area contributed by atoms with E-state index in [1.54, 1.807) is 7.11 Å². The summed E-state index contributed by atoms with van der Waals surface area (Å²) >= 11 is 0. The summed E-state index contributed by atoms with van der Waals surface area (Å²) in [5.74, 6) is 0.113. The van der Waals surface area contributed by atoms with Gasteiger partial charge < -0.3 is 19.3 Å². The molecule has 0 aliphatic carbocycles. The summed E-state index contributed by atoms with van der Waals surface area (Å²) in [7, 11) is 1.61. The number of phenolic OH excluding ortho intramolecular Hbond substituents is 1. The van der Waals surface area contributed by atoms with Crippen LogP contribution in [0.25, 0.3) is 0 Å². The van der Waals surface area contributed by atoms with Gasteiger partial charge in [-0.3, -0.25) is 4.79 Å². The SMILES string of the molecule is COCCOCCOC(=O)CCc1cc(C(C)(C)C)c(O)c(C(C)(C)C)c1. The molecule has 0 saturated carbocycles. The number of methoxy groups -OCH3 is 1. The van der Waals surface area contributed by atoms with E-state index in [1.165, 1.54) is 0 Å². The Morgan fingerprint density at radius 1 is 0.926 bits per heavy atom. The van der Waals surface area contributed by atoms with E-state index in [2.05, 4.69) is 41.5 Å². The third-order valence-corrected chi connectivity index (χ3v) is 4.33. The summed E-state index contributed by atoms with van der Waals surface area (Å²) in [5, 5.41) is 10.8. The lowest BCUT2D eigenvalue weighted by molar-refractivity contribution is -0.145. The van der Waals surface area contributed by atoms with E-state index in [0.717, 1.165) is 16.7 Å². The maximum Gasteiger partial charge on any atom is 0.306 e. The fraction of sp³-hybridized carbons (Fsp3) is 0.682. The molecule has 0 fully saturated rings. The van der Waals surface area contributed by atoms with Crippen LogP contribution in [0.4, 0.5) is 0 Å². The van der Waals surface area contributed by atoms with Gasteiger partial charge in [0.15, 0.2) is 0 Å². The van der Waals surface area contributed by atoms with Crippen LogP contribution in [0.1, 0.15) is 64.7 Å². The lowest BCUT2D eigenvalue weighted by atomic mass is 9.78. The fourth-order valence-electron chi connectivity index (χ4n) is 2.76. The molecular weight excluding hydrogens is 344 g/mol. The normalized spacial score (nSPS) is 12.3. The molecule has 1 aromatic carbocycles. The average molecular weight is 381 g/mol. The molecule has 0 heterocycles. The molecule has 0 unspecified atom stereocenters.